The second-order valence-corrected chi connectivity index (χ2v) is 3.23. The van der Waals surface area contributed by atoms with Gasteiger partial charge in [-0.1, -0.05) is 13.8 Å². The number of ether oxygens (including phenoxy) is 1. The first-order valence-corrected chi connectivity index (χ1v) is 4.28. The summed E-state index contributed by atoms with van der Waals surface area (Å²) < 4.78 is 5.40. The molecular formula is C9H15N3O. The van der Waals surface area contributed by atoms with Gasteiger partial charge in [-0.25, -0.2) is 4.98 Å². The summed E-state index contributed by atoms with van der Waals surface area (Å²) in [4.78, 5) is 4.04. The van der Waals surface area contributed by atoms with E-state index in [-0.39, 0.29) is 0 Å². The molecule has 1 heterocycles. The molecule has 0 bridgehead atoms. The van der Waals surface area contributed by atoms with Crippen molar-refractivity contribution in [2.75, 3.05) is 12.0 Å². The lowest BCUT2D eigenvalue weighted by Gasteiger charge is -2.08. The van der Waals surface area contributed by atoms with Crippen LogP contribution in [0.3, 0.4) is 0 Å². The van der Waals surface area contributed by atoms with Crippen LogP contribution in [0, 0.1) is 5.92 Å². The van der Waals surface area contributed by atoms with E-state index in [1.54, 1.807) is 18.3 Å². The highest BCUT2D eigenvalue weighted by Crippen LogP contribution is 2.13. The van der Waals surface area contributed by atoms with Crippen LogP contribution < -0.4 is 16.0 Å². The first-order chi connectivity index (χ1) is 6.22. The van der Waals surface area contributed by atoms with Crippen molar-refractivity contribution in [2.24, 2.45) is 11.8 Å². The Balaban J connectivity index is 2.56. The van der Waals surface area contributed by atoms with Crippen molar-refractivity contribution < 1.29 is 4.74 Å². The highest BCUT2D eigenvalue weighted by atomic mass is 16.5. The number of pyridine rings is 1. The van der Waals surface area contributed by atoms with E-state index in [9.17, 15) is 0 Å². The first-order valence-electron chi connectivity index (χ1n) is 4.28. The van der Waals surface area contributed by atoms with Gasteiger partial charge in [0.1, 0.15) is 0 Å². The third-order valence-electron chi connectivity index (χ3n) is 1.47. The molecule has 0 spiro atoms. The monoisotopic (exact) mass is 181 g/mol. The minimum atomic E-state index is 0.497. The van der Waals surface area contributed by atoms with Crippen LogP contribution >= 0.6 is 0 Å². The molecule has 0 saturated carbocycles. The van der Waals surface area contributed by atoms with E-state index in [1.807, 2.05) is 0 Å². The number of hydrazine groups is 1. The van der Waals surface area contributed by atoms with Crippen LogP contribution in [0.4, 0.5) is 5.69 Å². The molecule has 0 aromatic carbocycles. The van der Waals surface area contributed by atoms with Gasteiger partial charge in [-0.2, -0.15) is 0 Å². The molecule has 1 rings (SSSR count). The molecule has 3 N–H and O–H groups in total. The number of rotatable bonds is 4. The maximum atomic E-state index is 5.40. The highest BCUT2D eigenvalue weighted by molar-refractivity contribution is 5.43. The Hall–Kier alpha value is -1.29. The van der Waals surface area contributed by atoms with E-state index < -0.39 is 0 Å². The highest BCUT2D eigenvalue weighted by Gasteiger charge is 1.98. The molecule has 4 nitrogen and oxygen atoms in total. The molecular weight excluding hydrogens is 166 g/mol. The Kier molecular flexibility index (Phi) is 3.52. The Labute approximate surface area is 78.1 Å². The summed E-state index contributed by atoms with van der Waals surface area (Å²) in [5.41, 5.74) is 3.33. The van der Waals surface area contributed by atoms with Crippen molar-refractivity contribution in [3.05, 3.63) is 18.3 Å². The molecule has 0 unspecified atom stereocenters. The van der Waals surface area contributed by atoms with E-state index in [0.717, 1.165) is 5.69 Å². The van der Waals surface area contributed by atoms with Gasteiger partial charge in [0.25, 0.3) is 0 Å². The summed E-state index contributed by atoms with van der Waals surface area (Å²) in [7, 11) is 0. The zero-order valence-electron chi connectivity index (χ0n) is 7.95. The number of aromatic nitrogens is 1. The van der Waals surface area contributed by atoms with Crippen molar-refractivity contribution >= 4 is 5.69 Å². The standard InChI is InChI=1S/C9H15N3O/c1-7(2)6-13-9-5-8(12-10)3-4-11-9/h3-5,7H,6,10H2,1-2H3,(H,11,12). The van der Waals surface area contributed by atoms with Crippen LogP contribution in [0.2, 0.25) is 0 Å². The summed E-state index contributed by atoms with van der Waals surface area (Å²) in [6.07, 6.45) is 1.66. The van der Waals surface area contributed by atoms with Crippen molar-refractivity contribution in [1.82, 2.24) is 4.98 Å². The number of hydrogen-bond acceptors (Lipinski definition) is 4. The summed E-state index contributed by atoms with van der Waals surface area (Å²) >= 11 is 0. The van der Waals surface area contributed by atoms with Gasteiger partial charge in [0.05, 0.1) is 12.3 Å². The number of nitrogen functional groups attached to an aromatic ring is 1. The fourth-order valence-electron chi connectivity index (χ4n) is 0.830. The molecule has 13 heavy (non-hydrogen) atoms. The number of hydrogen-bond donors (Lipinski definition) is 2. The average molecular weight is 181 g/mol. The number of nitrogens with one attached hydrogen (secondary N) is 1. The van der Waals surface area contributed by atoms with Crippen LogP contribution in [-0.2, 0) is 0 Å². The second kappa shape index (κ2) is 4.67. The van der Waals surface area contributed by atoms with Crippen LogP contribution in [0.5, 0.6) is 5.88 Å². The summed E-state index contributed by atoms with van der Waals surface area (Å²) in [5.74, 6) is 6.34. The molecule has 0 radical (unpaired) electrons. The minimum absolute atomic E-state index is 0.497. The summed E-state index contributed by atoms with van der Waals surface area (Å²) in [6, 6.07) is 3.55. The van der Waals surface area contributed by atoms with Crippen molar-refractivity contribution in [1.29, 1.82) is 0 Å². The lowest BCUT2D eigenvalue weighted by Crippen LogP contribution is -2.08. The van der Waals surface area contributed by atoms with Crippen LogP contribution in [0.15, 0.2) is 18.3 Å². The van der Waals surface area contributed by atoms with Gasteiger partial charge in [0.2, 0.25) is 5.88 Å². The maximum Gasteiger partial charge on any atom is 0.215 e. The third kappa shape index (κ3) is 3.29. The quantitative estimate of drug-likeness (QED) is 0.544. The molecule has 0 fully saturated rings. The SMILES string of the molecule is CC(C)COc1cc(NN)ccn1. The third-order valence-corrected chi connectivity index (χ3v) is 1.47. The summed E-state index contributed by atoms with van der Waals surface area (Å²) in [6.45, 7) is 4.84. The normalized spacial score (nSPS) is 10.2. The van der Waals surface area contributed by atoms with E-state index in [4.69, 9.17) is 10.6 Å². The molecule has 0 aliphatic heterocycles. The lowest BCUT2D eigenvalue weighted by atomic mass is 10.2. The topological polar surface area (TPSA) is 60.2 Å². The van der Waals surface area contributed by atoms with Gasteiger partial charge in [0.15, 0.2) is 0 Å². The zero-order chi connectivity index (χ0) is 9.68. The predicted molar refractivity (Wildman–Crippen MR) is 52.4 cm³/mol. The fourth-order valence-corrected chi connectivity index (χ4v) is 0.830. The van der Waals surface area contributed by atoms with Gasteiger partial charge in [0, 0.05) is 12.3 Å². The smallest absolute Gasteiger partial charge is 0.215 e. The van der Waals surface area contributed by atoms with Crippen molar-refractivity contribution in [3.8, 4) is 5.88 Å². The van der Waals surface area contributed by atoms with Crippen molar-refractivity contribution in [2.45, 2.75) is 13.8 Å². The van der Waals surface area contributed by atoms with Crippen molar-refractivity contribution in [3.63, 3.8) is 0 Å². The zero-order valence-corrected chi connectivity index (χ0v) is 7.95. The molecule has 1 aromatic heterocycles. The Bertz CT molecular complexity index is 263. The molecule has 0 saturated heterocycles. The number of nitrogens with two attached hydrogens (primary N) is 1. The van der Waals surface area contributed by atoms with Crippen LogP contribution in [0.1, 0.15) is 13.8 Å². The van der Waals surface area contributed by atoms with E-state index >= 15 is 0 Å². The second-order valence-electron chi connectivity index (χ2n) is 3.23. The van der Waals surface area contributed by atoms with Crippen LogP contribution in [0.25, 0.3) is 0 Å². The molecule has 72 valence electrons. The van der Waals surface area contributed by atoms with E-state index in [1.165, 1.54) is 0 Å². The Morgan fingerprint density at radius 1 is 1.62 bits per heavy atom. The lowest BCUT2D eigenvalue weighted by molar-refractivity contribution is 0.261. The van der Waals surface area contributed by atoms with E-state index in [2.05, 4.69) is 24.3 Å². The Morgan fingerprint density at radius 3 is 3.00 bits per heavy atom. The minimum Gasteiger partial charge on any atom is -0.477 e. The first kappa shape index (κ1) is 9.80. The number of nitrogens with zero attached hydrogens (tertiary/aromatic N) is 1. The number of anilines is 1. The molecule has 1 aromatic rings. The molecule has 0 aliphatic carbocycles. The van der Waals surface area contributed by atoms with Gasteiger partial charge in [-0.3, -0.25) is 5.84 Å². The predicted octanol–water partition coefficient (Wildman–Crippen LogP) is 1.40. The molecule has 0 atom stereocenters. The molecule has 0 amide bonds. The van der Waals surface area contributed by atoms with Gasteiger partial charge in [-0.05, 0) is 12.0 Å². The van der Waals surface area contributed by atoms with Gasteiger partial charge < -0.3 is 10.2 Å². The Morgan fingerprint density at radius 2 is 2.38 bits per heavy atom. The largest absolute Gasteiger partial charge is 0.477 e. The maximum absolute atomic E-state index is 5.40. The molecule has 4 heteroatoms. The fraction of sp³-hybridized carbons (Fsp3) is 0.444. The van der Waals surface area contributed by atoms with Gasteiger partial charge in [-0.15, -0.1) is 0 Å². The van der Waals surface area contributed by atoms with Gasteiger partial charge >= 0.3 is 0 Å². The van der Waals surface area contributed by atoms with Crippen LogP contribution in [-0.4, -0.2) is 11.6 Å². The molecule has 0 aliphatic rings. The summed E-state index contributed by atoms with van der Waals surface area (Å²) in [5, 5.41) is 0. The average Bonchev–Trinajstić information content (AvgIpc) is 2.15. The van der Waals surface area contributed by atoms with E-state index in [0.29, 0.717) is 18.4 Å².